The average Bonchev–Trinajstić information content (AvgIpc) is 2.83. The third-order valence-electron chi connectivity index (χ3n) is 3.32. The number of hydrazine groups is 1. The third-order valence-corrected chi connectivity index (χ3v) is 4.63. The molecule has 1 heterocycles. The van der Waals surface area contributed by atoms with E-state index in [1.54, 1.807) is 30.3 Å². The van der Waals surface area contributed by atoms with Crippen molar-refractivity contribution in [3.63, 3.8) is 0 Å². The fourth-order valence-electron chi connectivity index (χ4n) is 2.16. The second-order valence-corrected chi connectivity index (χ2v) is 6.75. The maximum atomic E-state index is 12.5. The topological polar surface area (TPSA) is 89.9 Å². The van der Waals surface area contributed by atoms with Gasteiger partial charge < -0.3 is 10.2 Å². The molecule has 126 valence electrons. The number of nitrogens with zero attached hydrogens (tertiary/aromatic N) is 1. The maximum absolute atomic E-state index is 12.5. The lowest BCUT2D eigenvalue weighted by atomic mass is 10.2. The van der Waals surface area contributed by atoms with Crippen molar-refractivity contribution in [3.8, 4) is 11.5 Å². The number of thiocarbonyl (C=S) groups is 1. The third kappa shape index (κ3) is 3.65. The van der Waals surface area contributed by atoms with Crippen molar-refractivity contribution >= 4 is 46.2 Å². The highest BCUT2D eigenvalue weighted by Crippen LogP contribution is 2.32. The van der Waals surface area contributed by atoms with E-state index in [0.717, 1.165) is 16.8 Å². The molecule has 3 rings (SSSR count). The van der Waals surface area contributed by atoms with E-state index in [1.165, 1.54) is 24.3 Å². The summed E-state index contributed by atoms with van der Waals surface area (Å²) in [5.74, 6) is -1.24. The lowest BCUT2D eigenvalue weighted by Crippen LogP contribution is -2.44. The van der Waals surface area contributed by atoms with Crippen LogP contribution in [0.3, 0.4) is 0 Å². The van der Waals surface area contributed by atoms with Crippen LogP contribution < -0.4 is 5.43 Å². The Labute approximate surface area is 152 Å². The average molecular weight is 372 g/mol. The van der Waals surface area contributed by atoms with Crippen molar-refractivity contribution in [2.45, 2.75) is 0 Å². The summed E-state index contributed by atoms with van der Waals surface area (Å²) in [4.78, 5) is 25.0. The molecule has 0 spiro atoms. The molecule has 1 aliphatic rings. The maximum Gasteiger partial charge on any atom is 0.285 e. The molecule has 0 atom stereocenters. The number of carbonyl (C=O) groups is 2. The molecule has 6 nitrogen and oxygen atoms in total. The van der Waals surface area contributed by atoms with E-state index >= 15 is 0 Å². The molecule has 1 fully saturated rings. The molecule has 2 amide bonds. The Morgan fingerprint density at radius 2 is 1.92 bits per heavy atom. The number of rotatable bonds is 3. The highest BCUT2D eigenvalue weighted by atomic mass is 32.2. The number of para-hydroxylation sites is 1. The molecule has 2 aromatic rings. The van der Waals surface area contributed by atoms with Crippen molar-refractivity contribution in [2.24, 2.45) is 0 Å². The van der Waals surface area contributed by atoms with Crippen LogP contribution in [0.5, 0.6) is 11.5 Å². The van der Waals surface area contributed by atoms with E-state index in [4.69, 9.17) is 12.2 Å². The number of aromatic hydroxyl groups is 2. The fraction of sp³-hybridized carbons (Fsp3) is 0. The summed E-state index contributed by atoms with van der Waals surface area (Å²) >= 11 is 6.17. The second kappa shape index (κ2) is 6.96. The molecule has 0 aliphatic carbocycles. The molecule has 2 aromatic carbocycles. The molecular formula is C17H12N2O4S2. The van der Waals surface area contributed by atoms with Gasteiger partial charge in [0.1, 0.15) is 11.5 Å². The van der Waals surface area contributed by atoms with Crippen molar-refractivity contribution in [1.29, 1.82) is 0 Å². The summed E-state index contributed by atoms with van der Waals surface area (Å²) in [7, 11) is 0. The number of phenolic OH excluding ortho intramolecular Hbond substituents is 2. The minimum absolute atomic E-state index is 0.0357. The van der Waals surface area contributed by atoms with Gasteiger partial charge in [-0.3, -0.25) is 15.0 Å². The standard InChI is InChI=1S/C17H12N2O4S2/c20-11-5-3-4-10(8-11)9-14-16(23)19(17(24)25-14)18-15(22)12-6-1-2-7-13(12)21/h1-9,20-21H,(H,18,22)/b14-9+. The van der Waals surface area contributed by atoms with Gasteiger partial charge in [0.05, 0.1) is 10.5 Å². The first-order valence-electron chi connectivity index (χ1n) is 7.11. The van der Waals surface area contributed by atoms with Gasteiger partial charge in [-0.1, -0.05) is 36.0 Å². The van der Waals surface area contributed by atoms with Crippen molar-refractivity contribution in [2.75, 3.05) is 0 Å². The molecule has 0 radical (unpaired) electrons. The van der Waals surface area contributed by atoms with Crippen molar-refractivity contribution in [3.05, 3.63) is 64.6 Å². The molecule has 0 unspecified atom stereocenters. The Bertz CT molecular complexity index is 911. The van der Waals surface area contributed by atoms with Gasteiger partial charge in [0, 0.05) is 0 Å². The highest BCUT2D eigenvalue weighted by molar-refractivity contribution is 8.26. The monoisotopic (exact) mass is 372 g/mol. The summed E-state index contributed by atoms with van der Waals surface area (Å²) in [5, 5.41) is 20.2. The molecule has 1 saturated heterocycles. The summed E-state index contributed by atoms with van der Waals surface area (Å²) in [5.41, 5.74) is 3.06. The van der Waals surface area contributed by atoms with Gasteiger partial charge in [0.25, 0.3) is 11.8 Å². The van der Waals surface area contributed by atoms with E-state index in [-0.39, 0.29) is 21.4 Å². The molecule has 8 heteroatoms. The van der Waals surface area contributed by atoms with Crippen LogP contribution in [0.2, 0.25) is 0 Å². The van der Waals surface area contributed by atoms with E-state index in [2.05, 4.69) is 5.43 Å². The number of hydrogen-bond donors (Lipinski definition) is 3. The summed E-state index contributed by atoms with van der Waals surface area (Å²) < 4.78 is 0.167. The van der Waals surface area contributed by atoms with Gasteiger partial charge in [-0.2, -0.15) is 5.01 Å². The molecular weight excluding hydrogens is 360 g/mol. The Hall–Kier alpha value is -2.84. The lowest BCUT2D eigenvalue weighted by molar-refractivity contribution is -0.123. The predicted molar refractivity (Wildman–Crippen MR) is 98.7 cm³/mol. The Morgan fingerprint density at radius 1 is 1.16 bits per heavy atom. The Kier molecular flexibility index (Phi) is 4.73. The second-order valence-electron chi connectivity index (χ2n) is 5.07. The van der Waals surface area contributed by atoms with E-state index in [0.29, 0.717) is 10.5 Å². The summed E-state index contributed by atoms with van der Waals surface area (Å²) in [6, 6.07) is 12.4. The molecule has 3 N–H and O–H groups in total. The van der Waals surface area contributed by atoms with Gasteiger partial charge in [0.15, 0.2) is 4.32 Å². The minimum Gasteiger partial charge on any atom is -0.508 e. The van der Waals surface area contributed by atoms with Crippen LogP contribution in [0, 0.1) is 0 Å². The molecule has 0 bridgehead atoms. The van der Waals surface area contributed by atoms with Crippen LogP contribution in [0.25, 0.3) is 6.08 Å². The van der Waals surface area contributed by atoms with Crippen molar-refractivity contribution in [1.82, 2.24) is 10.4 Å². The zero-order valence-corrected chi connectivity index (χ0v) is 14.3. The lowest BCUT2D eigenvalue weighted by Gasteiger charge is -2.16. The summed E-state index contributed by atoms with van der Waals surface area (Å²) in [6.45, 7) is 0. The fourth-order valence-corrected chi connectivity index (χ4v) is 3.34. The minimum atomic E-state index is -0.645. The number of amides is 2. The quantitative estimate of drug-likeness (QED) is 0.567. The largest absolute Gasteiger partial charge is 0.508 e. The SMILES string of the molecule is O=C(NN1C(=O)/C(=C\c2cccc(O)c2)SC1=S)c1ccccc1O. The van der Waals surface area contributed by atoms with Crippen LogP contribution >= 0.6 is 24.0 Å². The van der Waals surface area contributed by atoms with Crippen molar-refractivity contribution < 1.29 is 19.8 Å². The van der Waals surface area contributed by atoms with E-state index < -0.39 is 11.8 Å². The van der Waals surface area contributed by atoms with Crippen LogP contribution in [-0.4, -0.2) is 31.4 Å². The number of carbonyl (C=O) groups excluding carboxylic acids is 2. The van der Waals surface area contributed by atoms with E-state index in [9.17, 15) is 19.8 Å². The van der Waals surface area contributed by atoms with E-state index in [1.807, 2.05) is 0 Å². The molecule has 0 aromatic heterocycles. The zero-order valence-electron chi connectivity index (χ0n) is 12.7. The first-order chi connectivity index (χ1) is 12.0. The molecule has 1 aliphatic heterocycles. The number of thioether (sulfide) groups is 1. The smallest absolute Gasteiger partial charge is 0.285 e. The molecule has 25 heavy (non-hydrogen) atoms. The van der Waals surface area contributed by atoms with Crippen LogP contribution in [0.15, 0.2) is 53.4 Å². The first kappa shape index (κ1) is 17.0. The van der Waals surface area contributed by atoms with Gasteiger partial charge >= 0.3 is 0 Å². The van der Waals surface area contributed by atoms with Gasteiger partial charge in [-0.05, 0) is 48.1 Å². The predicted octanol–water partition coefficient (Wildman–Crippen LogP) is 2.64. The van der Waals surface area contributed by atoms with Gasteiger partial charge in [-0.25, -0.2) is 0 Å². The number of phenols is 2. The number of benzene rings is 2. The Balaban J connectivity index is 1.80. The van der Waals surface area contributed by atoms with Crippen LogP contribution in [0.1, 0.15) is 15.9 Å². The normalized spacial score (nSPS) is 15.7. The van der Waals surface area contributed by atoms with Crippen LogP contribution in [-0.2, 0) is 4.79 Å². The van der Waals surface area contributed by atoms with Gasteiger partial charge in [0.2, 0.25) is 0 Å². The number of hydrogen-bond acceptors (Lipinski definition) is 6. The summed E-state index contributed by atoms with van der Waals surface area (Å²) in [6.07, 6.45) is 1.57. The first-order valence-corrected chi connectivity index (χ1v) is 8.34. The van der Waals surface area contributed by atoms with Gasteiger partial charge in [-0.15, -0.1) is 0 Å². The zero-order chi connectivity index (χ0) is 18.0. The number of nitrogens with one attached hydrogen (secondary N) is 1. The Morgan fingerprint density at radius 3 is 2.64 bits per heavy atom. The van der Waals surface area contributed by atoms with Crippen LogP contribution in [0.4, 0.5) is 0 Å². The molecule has 0 saturated carbocycles. The highest BCUT2D eigenvalue weighted by Gasteiger charge is 2.34.